The van der Waals surface area contributed by atoms with Crippen LogP contribution in [0.25, 0.3) is 4.85 Å². The third kappa shape index (κ3) is 2.89. The predicted molar refractivity (Wildman–Crippen MR) is 67.7 cm³/mol. The molecule has 2 aromatic rings. The summed E-state index contributed by atoms with van der Waals surface area (Å²) in [5, 5.41) is 8.13. The van der Waals surface area contributed by atoms with Crippen molar-refractivity contribution in [3.8, 4) is 0 Å². The molecule has 0 aliphatic carbocycles. The van der Waals surface area contributed by atoms with E-state index in [1.54, 1.807) is 48.5 Å². The van der Waals surface area contributed by atoms with Gasteiger partial charge in [-0.15, -0.1) is 0 Å². The number of nitrogens with two attached hydrogens (primary N) is 1. The molecule has 2 N–H and O–H groups in total. The van der Waals surface area contributed by atoms with Crippen LogP contribution in [0.1, 0.15) is 0 Å². The number of hydrogen-bond donors (Lipinski definition) is 1. The molecule has 0 saturated carbocycles. The van der Waals surface area contributed by atoms with Crippen molar-refractivity contribution in [2.24, 2.45) is 10.2 Å². The molecule has 17 heavy (non-hydrogen) atoms. The number of rotatable bonds is 2. The lowest BCUT2D eigenvalue weighted by Gasteiger charge is -1.94. The first kappa shape index (κ1) is 10.8. The molecule has 0 saturated heterocycles. The van der Waals surface area contributed by atoms with Crippen molar-refractivity contribution >= 4 is 22.7 Å². The molecule has 0 aliphatic rings. The topological polar surface area (TPSA) is 55.1 Å². The van der Waals surface area contributed by atoms with Crippen LogP contribution in [0.2, 0.25) is 0 Å². The molecule has 0 fully saturated rings. The van der Waals surface area contributed by atoms with Gasteiger partial charge in [-0.3, -0.25) is 0 Å². The van der Waals surface area contributed by atoms with E-state index < -0.39 is 0 Å². The number of benzene rings is 2. The van der Waals surface area contributed by atoms with Crippen LogP contribution >= 0.6 is 0 Å². The van der Waals surface area contributed by atoms with Crippen LogP contribution in [-0.4, -0.2) is 0 Å². The number of nitrogen functional groups attached to an aromatic ring is 1. The van der Waals surface area contributed by atoms with Gasteiger partial charge in [0.15, 0.2) is 5.69 Å². The number of azo groups is 1. The highest BCUT2D eigenvalue weighted by Crippen LogP contribution is 2.21. The molecule has 4 nitrogen and oxygen atoms in total. The zero-order valence-corrected chi connectivity index (χ0v) is 9.04. The molecule has 0 atom stereocenters. The Labute approximate surface area is 99.2 Å². The second-order valence-electron chi connectivity index (χ2n) is 3.42. The minimum Gasteiger partial charge on any atom is -0.399 e. The molecule has 0 aromatic heterocycles. The van der Waals surface area contributed by atoms with Gasteiger partial charge in [0, 0.05) is 5.69 Å². The molecular formula is C13H10N4. The van der Waals surface area contributed by atoms with E-state index >= 15 is 0 Å². The van der Waals surface area contributed by atoms with E-state index in [1.165, 1.54) is 0 Å². The van der Waals surface area contributed by atoms with Crippen molar-refractivity contribution in [3.05, 3.63) is 59.9 Å². The Morgan fingerprint density at radius 3 is 1.76 bits per heavy atom. The fourth-order valence-corrected chi connectivity index (χ4v) is 1.25. The molecule has 82 valence electrons. The lowest BCUT2D eigenvalue weighted by atomic mass is 10.3. The smallest absolute Gasteiger partial charge is 0.187 e. The standard InChI is InChI=1S/C13H10N4/c1-15-11-6-8-13(9-7-11)17-16-12-4-2-10(14)3-5-12/h2-9H,14H2. The molecule has 0 aliphatic heterocycles. The van der Waals surface area contributed by atoms with Gasteiger partial charge in [-0.25, -0.2) is 4.85 Å². The van der Waals surface area contributed by atoms with Crippen LogP contribution < -0.4 is 5.73 Å². The highest BCUT2D eigenvalue weighted by Gasteiger charge is 1.92. The maximum absolute atomic E-state index is 6.83. The van der Waals surface area contributed by atoms with E-state index in [4.69, 9.17) is 12.3 Å². The van der Waals surface area contributed by atoms with E-state index in [0.29, 0.717) is 17.1 Å². The summed E-state index contributed by atoms with van der Waals surface area (Å²) in [5.74, 6) is 0. The Morgan fingerprint density at radius 1 is 0.824 bits per heavy atom. The normalized spacial score (nSPS) is 10.3. The molecular weight excluding hydrogens is 212 g/mol. The summed E-state index contributed by atoms with van der Waals surface area (Å²) in [6.07, 6.45) is 0. The van der Waals surface area contributed by atoms with Crippen molar-refractivity contribution in [3.63, 3.8) is 0 Å². The summed E-state index contributed by atoms with van der Waals surface area (Å²) in [6, 6.07) is 14.1. The van der Waals surface area contributed by atoms with Gasteiger partial charge in [0.1, 0.15) is 0 Å². The fourth-order valence-electron chi connectivity index (χ4n) is 1.25. The lowest BCUT2D eigenvalue weighted by Crippen LogP contribution is -1.80. The molecule has 0 spiro atoms. The zero-order valence-electron chi connectivity index (χ0n) is 9.04. The molecule has 0 heterocycles. The van der Waals surface area contributed by atoms with Crippen LogP contribution in [0.5, 0.6) is 0 Å². The lowest BCUT2D eigenvalue weighted by molar-refractivity contribution is 1.23. The van der Waals surface area contributed by atoms with E-state index in [1.807, 2.05) is 0 Å². The zero-order chi connectivity index (χ0) is 12.1. The second-order valence-corrected chi connectivity index (χ2v) is 3.42. The summed E-state index contributed by atoms with van der Waals surface area (Å²) in [5.41, 5.74) is 8.32. The Balaban J connectivity index is 2.14. The van der Waals surface area contributed by atoms with Crippen molar-refractivity contribution < 1.29 is 0 Å². The average Bonchev–Trinajstić information content (AvgIpc) is 2.39. The first-order valence-corrected chi connectivity index (χ1v) is 5.03. The van der Waals surface area contributed by atoms with Gasteiger partial charge in [0.2, 0.25) is 0 Å². The molecule has 2 rings (SSSR count). The molecule has 0 unspecified atom stereocenters. The van der Waals surface area contributed by atoms with Gasteiger partial charge in [0.05, 0.1) is 17.9 Å². The van der Waals surface area contributed by atoms with Crippen molar-refractivity contribution in [2.45, 2.75) is 0 Å². The highest BCUT2D eigenvalue weighted by atomic mass is 15.1. The molecule has 2 aromatic carbocycles. The van der Waals surface area contributed by atoms with Crippen LogP contribution in [0.4, 0.5) is 22.7 Å². The number of hydrogen-bond acceptors (Lipinski definition) is 3. The predicted octanol–water partition coefficient (Wildman–Crippen LogP) is 4.23. The Bertz CT molecular complexity index is 562. The van der Waals surface area contributed by atoms with E-state index in [9.17, 15) is 0 Å². The molecule has 0 radical (unpaired) electrons. The maximum atomic E-state index is 6.83. The summed E-state index contributed by atoms with van der Waals surface area (Å²) in [7, 11) is 0. The third-order valence-electron chi connectivity index (χ3n) is 2.15. The first-order valence-electron chi connectivity index (χ1n) is 5.03. The Hall–Kier alpha value is -2.67. The molecule has 0 bridgehead atoms. The largest absolute Gasteiger partial charge is 0.399 e. The summed E-state index contributed by atoms with van der Waals surface area (Å²) < 4.78 is 0. The van der Waals surface area contributed by atoms with Gasteiger partial charge in [0.25, 0.3) is 0 Å². The maximum Gasteiger partial charge on any atom is 0.187 e. The molecule has 4 heteroatoms. The van der Waals surface area contributed by atoms with Crippen molar-refractivity contribution in [1.29, 1.82) is 0 Å². The van der Waals surface area contributed by atoms with Gasteiger partial charge in [-0.05, 0) is 36.4 Å². The second kappa shape index (κ2) is 4.90. The van der Waals surface area contributed by atoms with E-state index in [-0.39, 0.29) is 0 Å². The first-order chi connectivity index (χ1) is 8.28. The Kier molecular flexibility index (Phi) is 3.13. The van der Waals surface area contributed by atoms with Gasteiger partial charge >= 0.3 is 0 Å². The third-order valence-corrected chi connectivity index (χ3v) is 2.15. The van der Waals surface area contributed by atoms with E-state index in [0.717, 1.165) is 5.69 Å². The fraction of sp³-hybridized carbons (Fsp3) is 0. The SMILES string of the molecule is [C-]#[N+]c1ccc(N=Nc2ccc(N)cc2)cc1. The summed E-state index contributed by atoms with van der Waals surface area (Å²) in [6.45, 7) is 6.83. The van der Waals surface area contributed by atoms with Crippen molar-refractivity contribution in [2.75, 3.05) is 5.73 Å². The van der Waals surface area contributed by atoms with Crippen LogP contribution in [0, 0.1) is 6.57 Å². The summed E-state index contributed by atoms with van der Waals surface area (Å²) >= 11 is 0. The monoisotopic (exact) mass is 222 g/mol. The van der Waals surface area contributed by atoms with Crippen molar-refractivity contribution in [1.82, 2.24) is 0 Å². The van der Waals surface area contributed by atoms with Crippen LogP contribution in [0.15, 0.2) is 58.8 Å². The highest BCUT2D eigenvalue weighted by molar-refractivity contribution is 5.52. The van der Waals surface area contributed by atoms with Gasteiger partial charge in [-0.2, -0.15) is 10.2 Å². The van der Waals surface area contributed by atoms with Crippen LogP contribution in [0.3, 0.4) is 0 Å². The van der Waals surface area contributed by atoms with Gasteiger partial charge in [-0.1, -0.05) is 12.1 Å². The van der Waals surface area contributed by atoms with Crippen LogP contribution in [-0.2, 0) is 0 Å². The molecule has 0 amide bonds. The minimum absolute atomic E-state index is 0.594. The minimum atomic E-state index is 0.594. The van der Waals surface area contributed by atoms with E-state index in [2.05, 4.69) is 15.1 Å². The van der Waals surface area contributed by atoms with Gasteiger partial charge < -0.3 is 5.73 Å². The number of anilines is 1. The quantitative estimate of drug-likeness (QED) is 0.461. The summed E-state index contributed by atoms with van der Waals surface area (Å²) in [4.78, 5) is 3.30. The number of nitrogens with zero attached hydrogens (tertiary/aromatic N) is 3. The Morgan fingerprint density at radius 2 is 1.29 bits per heavy atom. The average molecular weight is 222 g/mol.